The Morgan fingerprint density at radius 1 is 1.30 bits per heavy atom. The number of likely N-dealkylation sites (N-methyl/N-ethyl adjacent to an activating group) is 1. The maximum Gasteiger partial charge on any atom is 0.322 e. The maximum atomic E-state index is 5.89. The van der Waals surface area contributed by atoms with Crippen LogP contribution in [0.3, 0.4) is 0 Å². The molecule has 0 spiro atoms. The summed E-state index contributed by atoms with van der Waals surface area (Å²) in [4.78, 5) is 14.2. The first-order chi connectivity index (χ1) is 9.54. The third kappa shape index (κ3) is 5.09. The second kappa shape index (κ2) is 7.04. The summed E-state index contributed by atoms with van der Waals surface area (Å²) in [6.07, 6.45) is 2.59. The number of rotatable bonds is 8. The van der Waals surface area contributed by atoms with Gasteiger partial charge in [0, 0.05) is 20.2 Å². The summed E-state index contributed by atoms with van der Waals surface area (Å²) in [6.45, 7) is 6.03. The second-order valence-corrected chi connectivity index (χ2v) is 5.63. The van der Waals surface area contributed by atoms with Gasteiger partial charge in [0.1, 0.15) is 0 Å². The Morgan fingerprint density at radius 3 is 2.70 bits per heavy atom. The quantitative estimate of drug-likeness (QED) is 0.686. The summed E-state index contributed by atoms with van der Waals surface area (Å²) in [6, 6.07) is 0.251. The first kappa shape index (κ1) is 15.3. The van der Waals surface area contributed by atoms with Crippen LogP contribution in [-0.2, 0) is 4.74 Å². The molecule has 2 rings (SSSR count). The molecule has 112 valence electrons. The lowest BCUT2D eigenvalue weighted by molar-refractivity contribution is 0.130. The fraction of sp³-hybridized carbons (Fsp3) is 0.769. The molecule has 0 bridgehead atoms. The van der Waals surface area contributed by atoms with Gasteiger partial charge in [0.25, 0.3) is 0 Å². The van der Waals surface area contributed by atoms with Crippen LogP contribution >= 0.6 is 11.6 Å². The molecule has 1 heterocycles. The summed E-state index contributed by atoms with van der Waals surface area (Å²) < 4.78 is 11.0. The van der Waals surface area contributed by atoms with Gasteiger partial charge in [-0.2, -0.15) is 15.0 Å². The molecule has 0 amide bonds. The van der Waals surface area contributed by atoms with E-state index in [0.29, 0.717) is 19.1 Å². The van der Waals surface area contributed by atoms with E-state index < -0.39 is 0 Å². The lowest BCUT2D eigenvalue weighted by atomic mass is 10.5. The van der Waals surface area contributed by atoms with Crippen molar-refractivity contribution in [1.82, 2.24) is 15.0 Å². The molecular weight excluding hydrogens is 280 g/mol. The third-order valence-corrected chi connectivity index (χ3v) is 3.05. The zero-order valence-electron chi connectivity index (χ0n) is 12.2. The molecule has 1 aliphatic rings. The Kier molecular flexibility index (Phi) is 5.37. The lowest BCUT2D eigenvalue weighted by Gasteiger charge is -2.17. The van der Waals surface area contributed by atoms with Gasteiger partial charge in [-0.1, -0.05) is 0 Å². The van der Waals surface area contributed by atoms with Crippen molar-refractivity contribution in [2.75, 3.05) is 31.7 Å². The number of hydrogen-bond acceptors (Lipinski definition) is 6. The Hall–Kier alpha value is -1.14. The van der Waals surface area contributed by atoms with E-state index in [9.17, 15) is 0 Å². The van der Waals surface area contributed by atoms with Gasteiger partial charge in [-0.05, 0) is 44.2 Å². The van der Waals surface area contributed by atoms with Crippen molar-refractivity contribution in [3.05, 3.63) is 5.28 Å². The van der Waals surface area contributed by atoms with Crippen molar-refractivity contribution in [1.29, 1.82) is 0 Å². The molecule has 1 aromatic heterocycles. The van der Waals surface area contributed by atoms with Crippen LogP contribution in [0.4, 0.5) is 5.95 Å². The van der Waals surface area contributed by atoms with E-state index in [1.807, 2.05) is 25.8 Å². The smallest absolute Gasteiger partial charge is 0.322 e. The highest BCUT2D eigenvalue weighted by Gasteiger charge is 2.21. The Morgan fingerprint density at radius 2 is 2.05 bits per heavy atom. The van der Waals surface area contributed by atoms with Crippen LogP contribution in [0, 0.1) is 5.92 Å². The number of hydrogen-bond donors (Lipinski definition) is 0. The molecule has 0 aromatic carbocycles. The van der Waals surface area contributed by atoms with Crippen LogP contribution in [0.5, 0.6) is 6.01 Å². The molecule has 1 fully saturated rings. The molecule has 0 radical (unpaired) electrons. The first-order valence-electron chi connectivity index (χ1n) is 6.91. The van der Waals surface area contributed by atoms with E-state index in [1.165, 1.54) is 12.8 Å². The zero-order chi connectivity index (χ0) is 14.5. The number of anilines is 1. The third-order valence-electron chi connectivity index (χ3n) is 2.88. The molecule has 1 aliphatic carbocycles. The largest absolute Gasteiger partial charge is 0.461 e. The minimum absolute atomic E-state index is 0.00602. The van der Waals surface area contributed by atoms with E-state index in [4.69, 9.17) is 21.1 Å². The van der Waals surface area contributed by atoms with Crippen molar-refractivity contribution in [2.24, 2.45) is 5.92 Å². The Bertz CT molecular complexity index is 440. The number of ether oxygens (including phenoxy) is 2. The van der Waals surface area contributed by atoms with Crippen LogP contribution in [0.2, 0.25) is 5.28 Å². The molecule has 0 saturated heterocycles. The van der Waals surface area contributed by atoms with Crippen molar-refractivity contribution >= 4 is 17.5 Å². The SMILES string of the molecule is CC(C)Oc1nc(Cl)nc(N(C)CCOCC2CC2)n1. The number of nitrogens with zero attached hydrogens (tertiary/aromatic N) is 4. The highest BCUT2D eigenvalue weighted by atomic mass is 35.5. The average Bonchev–Trinajstić information content (AvgIpc) is 3.16. The van der Waals surface area contributed by atoms with E-state index in [0.717, 1.165) is 12.5 Å². The van der Waals surface area contributed by atoms with Crippen molar-refractivity contribution < 1.29 is 9.47 Å². The van der Waals surface area contributed by atoms with Gasteiger partial charge in [0.05, 0.1) is 12.7 Å². The summed E-state index contributed by atoms with van der Waals surface area (Å²) in [5.41, 5.74) is 0. The molecule has 0 N–H and O–H groups in total. The van der Waals surface area contributed by atoms with E-state index >= 15 is 0 Å². The molecule has 1 saturated carbocycles. The van der Waals surface area contributed by atoms with Crippen molar-refractivity contribution in [3.63, 3.8) is 0 Å². The van der Waals surface area contributed by atoms with Gasteiger partial charge in [-0.15, -0.1) is 0 Å². The monoisotopic (exact) mass is 300 g/mol. The van der Waals surface area contributed by atoms with Crippen LogP contribution in [0.25, 0.3) is 0 Å². The summed E-state index contributed by atoms with van der Waals surface area (Å²) >= 11 is 5.89. The molecule has 0 unspecified atom stereocenters. The van der Waals surface area contributed by atoms with Gasteiger partial charge in [0.15, 0.2) is 0 Å². The van der Waals surface area contributed by atoms with Gasteiger partial charge < -0.3 is 14.4 Å². The fourth-order valence-corrected chi connectivity index (χ4v) is 1.74. The minimum atomic E-state index is -0.00602. The van der Waals surface area contributed by atoms with E-state index in [1.54, 1.807) is 0 Å². The molecule has 6 nitrogen and oxygen atoms in total. The summed E-state index contributed by atoms with van der Waals surface area (Å²) in [5, 5.41) is 0.136. The van der Waals surface area contributed by atoms with E-state index in [-0.39, 0.29) is 17.4 Å². The van der Waals surface area contributed by atoms with Crippen LogP contribution < -0.4 is 9.64 Å². The topological polar surface area (TPSA) is 60.4 Å². The molecule has 0 aliphatic heterocycles. The normalized spacial score (nSPS) is 14.7. The van der Waals surface area contributed by atoms with Crippen LogP contribution in [0.15, 0.2) is 0 Å². The Balaban J connectivity index is 1.86. The maximum absolute atomic E-state index is 5.89. The minimum Gasteiger partial charge on any atom is -0.461 e. The van der Waals surface area contributed by atoms with Gasteiger partial charge >= 0.3 is 6.01 Å². The Labute approximate surface area is 124 Å². The number of halogens is 1. The van der Waals surface area contributed by atoms with Gasteiger partial charge in [-0.25, -0.2) is 0 Å². The standard InChI is InChI=1S/C13H21ClN4O2/c1-9(2)20-13-16-11(14)15-12(17-13)18(3)6-7-19-8-10-4-5-10/h9-10H,4-8H2,1-3H3. The predicted octanol–water partition coefficient (Wildman–Crippen LogP) is 2.17. The first-order valence-corrected chi connectivity index (χ1v) is 7.29. The molecule has 7 heteroatoms. The molecular formula is C13H21ClN4O2. The van der Waals surface area contributed by atoms with Crippen LogP contribution in [0.1, 0.15) is 26.7 Å². The van der Waals surface area contributed by atoms with Crippen molar-refractivity contribution in [3.8, 4) is 6.01 Å². The van der Waals surface area contributed by atoms with Crippen LogP contribution in [-0.4, -0.2) is 47.9 Å². The highest BCUT2D eigenvalue weighted by molar-refractivity contribution is 6.28. The van der Waals surface area contributed by atoms with E-state index in [2.05, 4.69) is 15.0 Å². The highest BCUT2D eigenvalue weighted by Crippen LogP contribution is 2.28. The average molecular weight is 301 g/mol. The van der Waals surface area contributed by atoms with Crippen molar-refractivity contribution in [2.45, 2.75) is 32.8 Å². The van der Waals surface area contributed by atoms with Gasteiger partial charge in [0.2, 0.25) is 11.2 Å². The predicted molar refractivity (Wildman–Crippen MR) is 77.4 cm³/mol. The zero-order valence-corrected chi connectivity index (χ0v) is 12.9. The lowest BCUT2D eigenvalue weighted by Crippen LogP contribution is -2.25. The number of aromatic nitrogens is 3. The summed E-state index contributed by atoms with van der Waals surface area (Å²) in [5.74, 6) is 1.27. The molecule has 1 aromatic rings. The fourth-order valence-electron chi connectivity index (χ4n) is 1.59. The van der Waals surface area contributed by atoms with Gasteiger partial charge in [-0.3, -0.25) is 0 Å². The molecule has 0 atom stereocenters. The molecule has 20 heavy (non-hydrogen) atoms. The second-order valence-electron chi connectivity index (χ2n) is 5.29. The summed E-state index contributed by atoms with van der Waals surface area (Å²) in [7, 11) is 1.89.